The Hall–Kier alpha value is -0.310. The van der Waals surface area contributed by atoms with Crippen LogP contribution in [0.15, 0.2) is 22.0 Å². The molecule has 1 aliphatic carbocycles. The average Bonchev–Trinajstić information content (AvgIpc) is 2.89. The summed E-state index contributed by atoms with van der Waals surface area (Å²) in [5.74, 6) is 1.25. The number of hydrogen-bond acceptors (Lipinski definition) is 1. The second kappa shape index (κ2) is 7.63. The molecule has 1 rings (SSSR count). The molecule has 0 aromatic heterocycles. The average molecular weight is 358 g/mol. The van der Waals surface area contributed by atoms with Crippen LogP contribution in [0.5, 0.6) is 0 Å². The van der Waals surface area contributed by atoms with Gasteiger partial charge in [-0.1, -0.05) is 0 Å². The number of rotatable bonds is 7. The van der Waals surface area contributed by atoms with E-state index in [1.165, 1.54) is 0 Å². The van der Waals surface area contributed by atoms with E-state index in [0.717, 1.165) is 15.7 Å². The third-order valence-corrected chi connectivity index (χ3v) is 14.9. The Morgan fingerprint density at radius 1 is 1.20 bits per heavy atom. The number of carbonyl (C=O) groups excluding carboxylic acids is 1. The molecule has 0 aromatic rings. The fourth-order valence-corrected chi connectivity index (χ4v) is 10.9. The van der Waals surface area contributed by atoms with E-state index in [4.69, 9.17) is 0 Å². The number of allylic oxidation sites excluding steroid dienone is 4. The molecule has 0 saturated heterocycles. The van der Waals surface area contributed by atoms with Crippen molar-refractivity contribution in [2.75, 3.05) is 0 Å². The van der Waals surface area contributed by atoms with Gasteiger partial charge >= 0.3 is 129 Å². The van der Waals surface area contributed by atoms with Crippen LogP contribution in [-0.2, 0) is 22.2 Å². The van der Waals surface area contributed by atoms with Gasteiger partial charge in [-0.15, -0.1) is 0 Å². The molecule has 0 bridgehead atoms. The van der Waals surface area contributed by atoms with Crippen LogP contribution in [0.1, 0.15) is 48.0 Å². The van der Waals surface area contributed by atoms with Gasteiger partial charge in [-0.05, 0) is 0 Å². The molecule has 0 saturated carbocycles. The second-order valence-electron chi connectivity index (χ2n) is 6.38. The summed E-state index contributed by atoms with van der Waals surface area (Å²) in [6.45, 7) is 13.2. The summed E-state index contributed by atoms with van der Waals surface area (Å²) in [7, 11) is 0. The number of carbonyl (C=O) groups is 1. The van der Waals surface area contributed by atoms with Gasteiger partial charge in [0.25, 0.3) is 0 Å². The van der Waals surface area contributed by atoms with E-state index in [2.05, 4.69) is 63.5 Å². The first-order valence-corrected chi connectivity index (χ1v) is 13.2. The van der Waals surface area contributed by atoms with Gasteiger partial charge in [-0.3, -0.25) is 0 Å². The van der Waals surface area contributed by atoms with Crippen molar-refractivity contribution in [3.8, 4) is 0 Å². The minimum atomic E-state index is -2.56. The fraction of sp³-hybridized carbons (Fsp3) is 0.706. The Bertz CT molecular complexity index is 384. The van der Waals surface area contributed by atoms with Crippen molar-refractivity contribution in [3.63, 3.8) is 0 Å². The molecule has 2 nitrogen and oxygen atoms in total. The molecule has 0 radical (unpaired) electrons. The molecule has 0 aromatic carbocycles. The number of amides is 1. The maximum absolute atomic E-state index is 12.8. The van der Waals surface area contributed by atoms with Crippen LogP contribution in [-0.4, -0.2) is 5.91 Å². The third-order valence-electron chi connectivity index (χ3n) is 4.44. The Morgan fingerprint density at radius 3 is 2.10 bits per heavy atom. The zero-order valence-electron chi connectivity index (χ0n) is 13.9. The predicted molar refractivity (Wildman–Crippen MR) is 84.1 cm³/mol. The van der Waals surface area contributed by atoms with Crippen LogP contribution in [0.2, 0.25) is 9.28 Å². The molecular weight excluding hydrogens is 327 g/mol. The second-order valence-corrected chi connectivity index (χ2v) is 16.2. The van der Waals surface area contributed by atoms with Gasteiger partial charge < -0.3 is 0 Å². The maximum atomic E-state index is 12.8. The zero-order valence-corrected chi connectivity index (χ0v) is 16.1. The molecule has 1 amide bonds. The summed E-state index contributed by atoms with van der Waals surface area (Å²) in [5, 5.41) is 0. The van der Waals surface area contributed by atoms with Crippen LogP contribution in [0.3, 0.4) is 0 Å². The van der Waals surface area contributed by atoms with E-state index in [0.29, 0.717) is 17.7 Å². The van der Waals surface area contributed by atoms with Crippen LogP contribution in [0.25, 0.3) is 0 Å². The Kier molecular flexibility index (Phi) is 6.77. The van der Waals surface area contributed by atoms with E-state index < -0.39 is 17.4 Å². The summed E-state index contributed by atoms with van der Waals surface area (Å²) in [6.07, 6.45) is 7.69. The van der Waals surface area contributed by atoms with Gasteiger partial charge in [0.2, 0.25) is 0 Å². The normalized spacial score (nSPS) is 15.3. The molecule has 1 N–H and O–H groups in total. The molecule has 20 heavy (non-hydrogen) atoms. The van der Waals surface area contributed by atoms with Crippen molar-refractivity contribution in [2.24, 2.45) is 17.8 Å². The van der Waals surface area contributed by atoms with Gasteiger partial charge in [-0.25, -0.2) is 0 Å². The molecule has 1 aliphatic rings. The molecule has 0 heterocycles. The van der Waals surface area contributed by atoms with Crippen molar-refractivity contribution in [1.82, 2.24) is 3.72 Å². The van der Waals surface area contributed by atoms with E-state index in [1.807, 2.05) is 0 Å². The monoisotopic (exact) mass is 358 g/mol. The molecule has 0 spiro atoms. The van der Waals surface area contributed by atoms with Crippen LogP contribution in [0.4, 0.5) is 0 Å². The first kappa shape index (κ1) is 17.7. The number of hydrogen-bond donors (Lipinski definition) is 1. The van der Waals surface area contributed by atoms with E-state index in [9.17, 15) is 4.79 Å². The molecule has 0 atom stereocenters. The third kappa shape index (κ3) is 3.87. The molecule has 0 aliphatic heterocycles. The van der Waals surface area contributed by atoms with Crippen LogP contribution >= 0.6 is 0 Å². The van der Waals surface area contributed by atoms with Crippen molar-refractivity contribution < 1.29 is 22.2 Å². The SMILES string of the molecule is C[CH2][Nb]([CH2]C)([NH]C(=O)C(C(C)C)C(C)C)[C]1=CC=CC1. The Labute approximate surface area is 128 Å². The van der Waals surface area contributed by atoms with E-state index >= 15 is 0 Å². The quantitative estimate of drug-likeness (QED) is 0.650. The van der Waals surface area contributed by atoms with Crippen molar-refractivity contribution >= 4 is 5.91 Å². The number of nitrogens with one attached hydrogen (secondary N) is 1. The summed E-state index contributed by atoms with van der Waals surface area (Å²) in [5.41, 5.74) is 0. The van der Waals surface area contributed by atoms with E-state index in [-0.39, 0.29) is 5.92 Å². The Balaban J connectivity index is 2.93. The fourth-order valence-electron chi connectivity index (χ4n) is 3.27. The van der Waals surface area contributed by atoms with Crippen molar-refractivity contribution in [2.45, 2.75) is 57.2 Å². The van der Waals surface area contributed by atoms with Crippen molar-refractivity contribution in [1.29, 1.82) is 0 Å². The van der Waals surface area contributed by atoms with Crippen LogP contribution < -0.4 is 3.72 Å². The summed E-state index contributed by atoms with van der Waals surface area (Å²) < 4.78 is 7.44. The van der Waals surface area contributed by atoms with Crippen molar-refractivity contribution in [3.05, 3.63) is 22.0 Å². The van der Waals surface area contributed by atoms with Gasteiger partial charge in [0.1, 0.15) is 0 Å². The first-order chi connectivity index (χ1) is 9.38. The molecule has 0 fully saturated rings. The van der Waals surface area contributed by atoms with Crippen LogP contribution in [0, 0.1) is 17.8 Å². The van der Waals surface area contributed by atoms with Gasteiger partial charge in [-0.2, -0.15) is 0 Å². The molecule has 115 valence electrons. The molecule has 3 heteroatoms. The van der Waals surface area contributed by atoms with Gasteiger partial charge in [0, 0.05) is 0 Å². The minimum absolute atomic E-state index is 0.136. The molecule has 0 unspecified atom stereocenters. The van der Waals surface area contributed by atoms with E-state index in [1.54, 1.807) is 3.79 Å². The van der Waals surface area contributed by atoms with Gasteiger partial charge in [0.05, 0.1) is 0 Å². The summed E-state index contributed by atoms with van der Waals surface area (Å²) >= 11 is -2.56. The Morgan fingerprint density at radius 2 is 1.75 bits per heavy atom. The summed E-state index contributed by atoms with van der Waals surface area (Å²) in [4.78, 5) is 12.8. The predicted octanol–water partition coefficient (Wildman–Crippen LogP) is 4.82. The topological polar surface area (TPSA) is 29.1 Å². The first-order valence-electron chi connectivity index (χ1n) is 7.93. The standard InChI is InChI=1S/C8H17NO.C5H5.2C2H5.Nb/c1-5(2)7(6(3)4)8(9)10;1-2-4-5-3-1;2*1-2;/h5-7H,1-4H3,(H2,9,10);1-3H,4H2;2*1H2,2H3;/q;;;;+1/p-1. The van der Waals surface area contributed by atoms with Gasteiger partial charge in [0.15, 0.2) is 0 Å². The summed E-state index contributed by atoms with van der Waals surface area (Å²) in [6, 6.07) is 0. The molecular formula is C17H31NNbO. The zero-order chi connectivity index (χ0) is 15.3.